The molecule has 1 fully saturated rings. The van der Waals surface area contributed by atoms with Gasteiger partial charge in [-0.25, -0.2) is 5.53 Å². The summed E-state index contributed by atoms with van der Waals surface area (Å²) in [4.78, 5) is 3.84. The number of amidine groups is 1. The van der Waals surface area contributed by atoms with Crippen LogP contribution in [-0.2, 0) is 6.18 Å². The Balaban J connectivity index is 1.72. The Morgan fingerprint density at radius 2 is 1.81 bits per heavy atom. The molecule has 0 radical (unpaired) electrons. The van der Waals surface area contributed by atoms with Gasteiger partial charge in [-0.15, -0.1) is 5.11 Å². The lowest BCUT2D eigenvalue weighted by atomic mass is 10.1. The molecule has 0 unspecified atom stereocenters. The molecule has 2 heterocycles. The van der Waals surface area contributed by atoms with Crippen LogP contribution in [0.3, 0.4) is 0 Å². The van der Waals surface area contributed by atoms with Crippen molar-refractivity contribution in [3.63, 3.8) is 0 Å². The highest BCUT2D eigenvalue weighted by molar-refractivity contribution is 5.94. The van der Waals surface area contributed by atoms with Gasteiger partial charge in [0.05, 0.1) is 5.56 Å². The van der Waals surface area contributed by atoms with E-state index in [0.717, 1.165) is 11.6 Å². The van der Waals surface area contributed by atoms with E-state index in [-0.39, 0.29) is 11.6 Å². The van der Waals surface area contributed by atoms with E-state index in [0.29, 0.717) is 37.7 Å². The molecule has 1 aromatic carbocycles. The minimum absolute atomic E-state index is 0.103. The molecular weight excluding hydrogens is 349 g/mol. The lowest BCUT2D eigenvalue weighted by Gasteiger charge is -2.36. The van der Waals surface area contributed by atoms with Crippen molar-refractivity contribution >= 4 is 17.3 Å². The van der Waals surface area contributed by atoms with Gasteiger partial charge in [-0.1, -0.05) is 11.2 Å². The second kappa shape index (κ2) is 6.77. The summed E-state index contributed by atoms with van der Waals surface area (Å²) >= 11 is 0. The molecule has 2 aromatic rings. The van der Waals surface area contributed by atoms with Gasteiger partial charge in [-0.05, 0) is 24.6 Å². The molecule has 26 heavy (non-hydrogen) atoms. The lowest BCUT2D eigenvalue weighted by Crippen LogP contribution is -2.47. The predicted octanol–water partition coefficient (Wildman–Crippen LogP) is 3.68. The third-order valence-corrected chi connectivity index (χ3v) is 4.32. The molecule has 1 saturated heterocycles. The zero-order valence-corrected chi connectivity index (χ0v) is 14.0. The van der Waals surface area contributed by atoms with Crippen molar-refractivity contribution in [2.75, 3.05) is 36.0 Å². The van der Waals surface area contributed by atoms with Gasteiger partial charge in [0.2, 0.25) is 11.6 Å². The molecule has 138 valence electrons. The van der Waals surface area contributed by atoms with Gasteiger partial charge in [0, 0.05) is 37.9 Å². The molecule has 1 aliphatic heterocycles. The summed E-state index contributed by atoms with van der Waals surface area (Å²) in [5.74, 6) is 0.307. The normalized spacial score (nSPS) is 15.2. The number of benzene rings is 1. The molecule has 0 amide bonds. The maximum absolute atomic E-state index is 13.0. The molecule has 0 saturated carbocycles. The van der Waals surface area contributed by atoms with Crippen LogP contribution in [0.1, 0.15) is 16.9 Å². The average molecular weight is 366 g/mol. The number of alkyl halides is 3. The number of rotatable bonds is 3. The second-order valence-corrected chi connectivity index (χ2v) is 5.98. The predicted molar refractivity (Wildman–Crippen MR) is 89.1 cm³/mol. The summed E-state index contributed by atoms with van der Waals surface area (Å²) < 4.78 is 43.9. The van der Waals surface area contributed by atoms with Crippen LogP contribution >= 0.6 is 0 Å². The Hall–Kier alpha value is -2.91. The van der Waals surface area contributed by atoms with Crippen LogP contribution in [0.15, 0.2) is 33.9 Å². The molecule has 1 aliphatic rings. The molecule has 0 atom stereocenters. The van der Waals surface area contributed by atoms with Crippen molar-refractivity contribution < 1.29 is 17.7 Å². The van der Waals surface area contributed by atoms with Crippen molar-refractivity contribution in [2.45, 2.75) is 13.1 Å². The van der Waals surface area contributed by atoms with E-state index in [1.165, 1.54) is 18.2 Å². The third kappa shape index (κ3) is 3.53. The van der Waals surface area contributed by atoms with E-state index >= 15 is 0 Å². The molecule has 0 bridgehead atoms. The van der Waals surface area contributed by atoms with Crippen molar-refractivity contribution in [3.8, 4) is 0 Å². The standard InChI is InChI=1S/C16H17F3N6O/c1-10-2-3-11(16(17,18)19)8-12(10)24-4-6-25(7-5-24)14-9-13(26-23-14)15(20)22-21/h2-3,8-9,20-21H,4-7H2,1H3. The number of piperazine rings is 1. The zero-order chi connectivity index (χ0) is 18.9. The van der Waals surface area contributed by atoms with Crippen LogP contribution < -0.4 is 9.80 Å². The maximum atomic E-state index is 13.0. The SMILES string of the molecule is Cc1ccc(C(F)(F)F)cc1N1CCN(c2cc(C(=N)N=N)on2)CC1. The first-order valence-corrected chi connectivity index (χ1v) is 7.90. The smallest absolute Gasteiger partial charge is 0.368 e. The molecule has 3 rings (SSSR count). The molecular formula is C16H17F3N6O. The van der Waals surface area contributed by atoms with Gasteiger partial charge in [0.25, 0.3) is 0 Å². The summed E-state index contributed by atoms with van der Waals surface area (Å²) in [5, 5.41) is 14.3. The van der Waals surface area contributed by atoms with Crippen molar-refractivity contribution in [3.05, 3.63) is 41.2 Å². The highest BCUT2D eigenvalue weighted by Gasteiger charge is 2.31. The molecule has 10 heteroatoms. The van der Waals surface area contributed by atoms with Gasteiger partial charge in [-0.2, -0.15) is 13.2 Å². The molecule has 0 aliphatic carbocycles. The number of nitrogens with zero attached hydrogens (tertiary/aromatic N) is 4. The second-order valence-electron chi connectivity index (χ2n) is 5.98. The van der Waals surface area contributed by atoms with Crippen LogP contribution in [0, 0.1) is 17.9 Å². The van der Waals surface area contributed by atoms with Crippen molar-refractivity contribution in [1.82, 2.24) is 5.16 Å². The zero-order valence-electron chi connectivity index (χ0n) is 14.0. The van der Waals surface area contributed by atoms with Crippen LogP contribution in [0.25, 0.3) is 0 Å². The summed E-state index contributed by atoms with van der Waals surface area (Å²) in [5.41, 5.74) is 7.53. The van der Waals surface area contributed by atoms with Crippen LogP contribution in [-0.4, -0.2) is 37.2 Å². The first-order chi connectivity index (χ1) is 12.3. The van der Waals surface area contributed by atoms with Gasteiger partial charge in [0.1, 0.15) is 0 Å². The fraction of sp³-hybridized carbons (Fsp3) is 0.375. The van der Waals surface area contributed by atoms with Crippen LogP contribution in [0.4, 0.5) is 24.7 Å². The fourth-order valence-electron chi connectivity index (χ4n) is 2.88. The maximum Gasteiger partial charge on any atom is 0.416 e. The van der Waals surface area contributed by atoms with Gasteiger partial charge < -0.3 is 14.3 Å². The van der Waals surface area contributed by atoms with E-state index in [1.54, 1.807) is 6.92 Å². The van der Waals surface area contributed by atoms with E-state index < -0.39 is 11.7 Å². The van der Waals surface area contributed by atoms with E-state index in [2.05, 4.69) is 10.3 Å². The number of aromatic nitrogens is 1. The van der Waals surface area contributed by atoms with E-state index in [9.17, 15) is 13.2 Å². The summed E-state index contributed by atoms with van der Waals surface area (Å²) in [7, 11) is 0. The van der Waals surface area contributed by atoms with Crippen molar-refractivity contribution in [1.29, 1.82) is 10.9 Å². The number of anilines is 2. The molecule has 2 N–H and O–H groups in total. The van der Waals surface area contributed by atoms with Gasteiger partial charge in [0.15, 0.2) is 5.82 Å². The van der Waals surface area contributed by atoms with Crippen molar-refractivity contribution in [2.24, 2.45) is 5.11 Å². The molecule has 1 aromatic heterocycles. The Kier molecular flexibility index (Phi) is 4.66. The Bertz CT molecular complexity index is 824. The monoisotopic (exact) mass is 366 g/mol. The Morgan fingerprint density at radius 3 is 2.42 bits per heavy atom. The Labute approximate surface area is 147 Å². The van der Waals surface area contributed by atoms with E-state index in [1.807, 2.05) is 9.80 Å². The number of nitrogens with one attached hydrogen (secondary N) is 2. The fourth-order valence-corrected chi connectivity index (χ4v) is 2.88. The first-order valence-electron chi connectivity index (χ1n) is 7.90. The van der Waals surface area contributed by atoms with Crippen LogP contribution in [0.5, 0.6) is 0 Å². The van der Waals surface area contributed by atoms with Crippen LogP contribution in [0.2, 0.25) is 0 Å². The average Bonchev–Trinajstić information content (AvgIpc) is 3.11. The summed E-state index contributed by atoms with van der Waals surface area (Å²) in [6, 6.07) is 5.31. The Morgan fingerprint density at radius 1 is 1.15 bits per heavy atom. The summed E-state index contributed by atoms with van der Waals surface area (Å²) in [6.07, 6.45) is -4.37. The minimum atomic E-state index is -4.37. The summed E-state index contributed by atoms with van der Waals surface area (Å²) in [6.45, 7) is 3.96. The quantitative estimate of drug-likeness (QED) is 0.492. The number of hydrogen-bond donors (Lipinski definition) is 2. The molecule has 0 spiro atoms. The largest absolute Gasteiger partial charge is 0.416 e. The van der Waals surface area contributed by atoms with Gasteiger partial charge >= 0.3 is 6.18 Å². The highest BCUT2D eigenvalue weighted by Crippen LogP contribution is 2.33. The van der Waals surface area contributed by atoms with E-state index in [4.69, 9.17) is 15.5 Å². The molecule has 7 nitrogen and oxygen atoms in total. The third-order valence-electron chi connectivity index (χ3n) is 4.32. The minimum Gasteiger partial charge on any atom is -0.368 e. The number of hydrogen-bond acceptors (Lipinski definition) is 6. The topological polar surface area (TPSA) is 92.6 Å². The number of halogens is 3. The van der Waals surface area contributed by atoms with Gasteiger partial charge in [-0.3, -0.25) is 5.41 Å². The lowest BCUT2D eigenvalue weighted by molar-refractivity contribution is -0.137. The number of aryl methyl sites for hydroxylation is 1. The highest BCUT2D eigenvalue weighted by atomic mass is 19.4. The first kappa shape index (κ1) is 17.9.